The second-order valence-corrected chi connectivity index (χ2v) is 5.72. The van der Waals surface area contributed by atoms with Crippen LogP contribution in [-0.2, 0) is 0 Å². The summed E-state index contributed by atoms with van der Waals surface area (Å²) in [5.74, 6) is 0.0121. The molecule has 1 aromatic heterocycles. The molecule has 0 aromatic carbocycles. The Labute approximate surface area is 121 Å². The Morgan fingerprint density at radius 3 is 2.72 bits per heavy atom. The number of aromatic nitrogens is 1. The van der Waals surface area contributed by atoms with Crippen LogP contribution < -0.4 is 0 Å². The van der Waals surface area contributed by atoms with Crippen LogP contribution in [0.25, 0.3) is 0 Å². The van der Waals surface area contributed by atoms with Gasteiger partial charge in [0.25, 0.3) is 5.91 Å². The van der Waals surface area contributed by atoms with Gasteiger partial charge in [0.15, 0.2) is 0 Å². The summed E-state index contributed by atoms with van der Waals surface area (Å²) in [6.45, 7) is 0.730. The van der Waals surface area contributed by atoms with Gasteiger partial charge < -0.3 is 4.90 Å². The van der Waals surface area contributed by atoms with E-state index in [-0.39, 0.29) is 5.91 Å². The first-order valence-electron chi connectivity index (χ1n) is 6.21. The zero-order valence-corrected chi connectivity index (χ0v) is 12.5. The molecule has 1 fully saturated rings. The van der Waals surface area contributed by atoms with Gasteiger partial charge >= 0.3 is 0 Å². The Kier molecular flexibility index (Phi) is 5.01. The summed E-state index contributed by atoms with van der Waals surface area (Å²) < 4.78 is 0. The first-order chi connectivity index (χ1) is 8.72. The molecule has 0 radical (unpaired) electrons. The number of nitrogens with zero attached hydrogens (tertiary/aromatic N) is 2. The van der Waals surface area contributed by atoms with Crippen LogP contribution in [0.3, 0.4) is 0 Å². The molecule has 1 aliphatic rings. The summed E-state index contributed by atoms with van der Waals surface area (Å²) in [4.78, 5) is 18.5. The van der Waals surface area contributed by atoms with Gasteiger partial charge in [0.1, 0.15) is 5.69 Å². The number of carbonyl (C=O) groups is 1. The number of hydrogen-bond donors (Lipinski definition) is 0. The van der Waals surface area contributed by atoms with E-state index in [0.29, 0.717) is 16.8 Å². The van der Waals surface area contributed by atoms with Gasteiger partial charge in [-0.1, -0.05) is 40.4 Å². The number of alkyl halides is 1. The fraction of sp³-hybridized carbons (Fsp3) is 0.538. The van der Waals surface area contributed by atoms with E-state index in [1.807, 2.05) is 4.90 Å². The van der Waals surface area contributed by atoms with E-state index in [2.05, 4.69) is 20.9 Å². The third-order valence-electron chi connectivity index (χ3n) is 3.30. The maximum atomic E-state index is 12.4. The monoisotopic (exact) mass is 330 g/mol. The summed E-state index contributed by atoms with van der Waals surface area (Å²) in [6, 6.07) is 3.77. The van der Waals surface area contributed by atoms with Gasteiger partial charge in [-0.05, 0) is 25.0 Å². The molecule has 98 valence electrons. The molecule has 1 aliphatic carbocycles. The molecule has 1 amide bonds. The van der Waals surface area contributed by atoms with Crippen LogP contribution in [-0.4, -0.2) is 33.7 Å². The lowest BCUT2D eigenvalue weighted by Crippen LogP contribution is -2.40. The zero-order valence-electron chi connectivity index (χ0n) is 10.1. The highest BCUT2D eigenvalue weighted by molar-refractivity contribution is 9.09. The first-order valence-corrected chi connectivity index (χ1v) is 7.71. The average molecular weight is 332 g/mol. The Morgan fingerprint density at radius 2 is 2.17 bits per heavy atom. The highest BCUT2D eigenvalue weighted by Gasteiger charge is 2.27. The number of hydrogen-bond acceptors (Lipinski definition) is 2. The summed E-state index contributed by atoms with van der Waals surface area (Å²) >= 11 is 9.20. The molecule has 0 spiro atoms. The van der Waals surface area contributed by atoms with E-state index in [4.69, 9.17) is 11.6 Å². The Morgan fingerprint density at radius 1 is 1.44 bits per heavy atom. The second kappa shape index (κ2) is 6.53. The lowest BCUT2D eigenvalue weighted by atomic mass is 10.2. The smallest absolute Gasteiger partial charge is 0.272 e. The molecule has 0 aliphatic heterocycles. The van der Waals surface area contributed by atoms with E-state index in [0.717, 1.165) is 24.7 Å². The number of carbonyl (C=O) groups excluding carboxylic acids is 1. The topological polar surface area (TPSA) is 33.2 Å². The van der Waals surface area contributed by atoms with E-state index < -0.39 is 0 Å². The normalized spacial score (nSPS) is 15.9. The van der Waals surface area contributed by atoms with Gasteiger partial charge in [-0.15, -0.1) is 0 Å². The van der Waals surface area contributed by atoms with Crippen molar-refractivity contribution in [3.8, 4) is 0 Å². The minimum absolute atomic E-state index is 0.0121. The van der Waals surface area contributed by atoms with E-state index in [9.17, 15) is 4.79 Å². The standard InChI is InChI=1S/C13H16BrClN2O/c14-7-8-17(11-3-1-2-4-11)13(18)12-6-5-10(15)9-16-12/h5-6,9,11H,1-4,7-8H2. The average Bonchev–Trinajstić information content (AvgIpc) is 2.90. The van der Waals surface area contributed by atoms with Crippen molar-refractivity contribution < 1.29 is 4.79 Å². The molecule has 18 heavy (non-hydrogen) atoms. The molecule has 0 unspecified atom stereocenters. The molecule has 0 N–H and O–H groups in total. The molecule has 0 atom stereocenters. The predicted octanol–water partition coefficient (Wildman–Crippen LogP) is 3.51. The minimum atomic E-state index is 0.0121. The van der Waals surface area contributed by atoms with Crippen LogP contribution in [0.2, 0.25) is 5.02 Å². The summed E-state index contributed by atoms with van der Waals surface area (Å²) in [7, 11) is 0. The minimum Gasteiger partial charge on any atom is -0.333 e. The van der Waals surface area contributed by atoms with Crippen molar-refractivity contribution in [3.63, 3.8) is 0 Å². The van der Waals surface area contributed by atoms with Crippen LogP contribution in [0.1, 0.15) is 36.2 Å². The fourth-order valence-electron chi connectivity index (χ4n) is 2.41. The van der Waals surface area contributed by atoms with Crippen molar-refractivity contribution in [1.82, 2.24) is 9.88 Å². The number of rotatable bonds is 4. The number of pyridine rings is 1. The Hall–Kier alpha value is -0.610. The van der Waals surface area contributed by atoms with Crippen molar-refractivity contribution in [2.45, 2.75) is 31.7 Å². The van der Waals surface area contributed by atoms with Crippen LogP contribution in [0.4, 0.5) is 0 Å². The third-order valence-corrected chi connectivity index (χ3v) is 3.88. The quantitative estimate of drug-likeness (QED) is 0.791. The van der Waals surface area contributed by atoms with E-state index in [1.54, 1.807) is 12.1 Å². The summed E-state index contributed by atoms with van der Waals surface area (Å²) in [6.07, 6.45) is 6.16. The highest BCUT2D eigenvalue weighted by atomic mass is 79.9. The fourth-order valence-corrected chi connectivity index (χ4v) is 2.90. The molecular weight excluding hydrogens is 316 g/mol. The van der Waals surface area contributed by atoms with Crippen LogP contribution in [0.5, 0.6) is 0 Å². The predicted molar refractivity (Wildman–Crippen MR) is 76.3 cm³/mol. The SMILES string of the molecule is O=C(c1ccc(Cl)cn1)N(CCBr)C1CCCC1. The first kappa shape index (κ1) is 13.8. The maximum absolute atomic E-state index is 12.4. The molecule has 0 bridgehead atoms. The van der Waals surface area contributed by atoms with Crippen molar-refractivity contribution in [2.24, 2.45) is 0 Å². The van der Waals surface area contributed by atoms with Gasteiger partial charge in [-0.25, -0.2) is 4.98 Å². The Balaban J connectivity index is 2.14. The lowest BCUT2D eigenvalue weighted by Gasteiger charge is -2.28. The number of amides is 1. The van der Waals surface area contributed by atoms with Gasteiger partial charge in [0.2, 0.25) is 0 Å². The van der Waals surface area contributed by atoms with E-state index >= 15 is 0 Å². The zero-order chi connectivity index (χ0) is 13.0. The van der Waals surface area contributed by atoms with Crippen LogP contribution in [0, 0.1) is 0 Å². The lowest BCUT2D eigenvalue weighted by molar-refractivity contribution is 0.0690. The van der Waals surface area contributed by atoms with E-state index in [1.165, 1.54) is 19.0 Å². The molecule has 1 aromatic rings. The maximum Gasteiger partial charge on any atom is 0.272 e. The second-order valence-electron chi connectivity index (χ2n) is 4.49. The van der Waals surface area contributed by atoms with Crippen molar-refractivity contribution in [3.05, 3.63) is 29.0 Å². The highest BCUT2D eigenvalue weighted by Crippen LogP contribution is 2.24. The molecule has 3 nitrogen and oxygen atoms in total. The van der Waals surface area contributed by atoms with Gasteiger partial charge in [0.05, 0.1) is 5.02 Å². The van der Waals surface area contributed by atoms with Crippen LogP contribution in [0.15, 0.2) is 18.3 Å². The summed E-state index contributed by atoms with van der Waals surface area (Å²) in [5, 5.41) is 1.35. The third kappa shape index (κ3) is 3.23. The molecule has 1 saturated carbocycles. The molecule has 0 saturated heterocycles. The molecular formula is C13H16BrClN2O. The van der Waals surface area contributed by atoms with Crippen molar-refractivity contribution >= 4 is 33.4 Å². The van der Waals surface area contributed by atoms with Gasteiger partial charge in [-0.3, -0.25) is 4.79 Å². The largest absolute Gasteiger partial charge is 0.333 e. The van der Waals surface area contributed by atoms with Gasteiger partial charge in [-0.2, -0.15) is 0 Å². The van der Waals surface area contributed by atoms with Crippen molar-refractivity contribution in [2.75, 3.05) is 11.9 Å². The molecule has 2 rings (SSSR count). The molecule has 5 heteroatoms. The Bertz CT molecular complexity index is 404. The molecule has 1 heterocycles. The van der Waals surface area contributed by atoms with Crippen LogP contribution >= 0.6 is 27.5 Å². The summed E-state index contributed by atoms with van der Waals surface area (Å²) in [5.41, 5.74) is 0.479. The van der Waals surface area contributed by atoms with Gasteiger partial charge in [0, 0.05) is 24.1 Å². The number of halogens is 2. The van der Waals surface area contributed by atoms with Crippen molar-refractivity contribution in [1.29, 1.82) is 0 Å².